The number of aromatic nitrogens is 4. The van der Waals surface area contributed by atoms with Crippen molar-refractivity contribution in [1.82, 2.24) is 19.9 Å². The van der Waals surface area contributed by atoms with Gasteiger partial charge >= 0.3 is 5.97 Å². The Morgan fingerprint density at radius 1 is 0.419 bits per heavy atom. The molecule has 420 valence electrons. The first-order valence-corrected chi connectivity index (χ1v) is 27.1. The van der Waals surface area contributed by atoms with Crippen LogP contribution in [0.25, 0.3) is 43.4 Å². The number of aromatic carboxylic acids is 1. The maximum atomic E-state index is 12.8. The van der Waals surface area contributed by atoms with Crippen LogP contribution in [0.2, 0.25) is 0 Å². The zero-order valence-electron chi connectivity index (χ0n) is 45.7. The van der Waals surface area contributed by atoms with Crippen LogP contribution in [0.4, 0.5) is 51.2 Å². The first-order chi connectivity index (χ1) is 42.0. The molecule has 12 rings (SSSR count). The number of hydrogen-bond acceptors (Lipinski definition) is 18. The van der Waals surface area contributed by atoms with E-state index < -0.39 is 11.7 Å². The van der Waals surface area contributed by atoms with Gasteiger partial charge in [0.25, 0.3) is 0 Å². The standard InChI is InChI=1S/C67H51N13O6/c68-46-18-23-59(79(37-48-9-1-5-27-69-48)38-49-10-2-6-28-70-49)57(35-46)74-78-65-54-21-15-42(31-45(54)34-56(66(65)84)67(85)86)43-14-13-41-16-25-62(83)64(55(41)33-43)76-73-47-19-24-60(80(39-50-11-3-7-29-71-50)40-51-12-4-8-30-72-51)58(36-47)75-77-63-53-22-20-52(81)32-44(53)17-26-61(63)82/h1-36,81-84H,37-40,68H2,(H,85,86)/b76-73+,77-75+,78-74+. The minimum atomic E-state index is -1.37. The van der Waals surface area contributed by atoms with Crippen LogP contribution in [0.3, 0.4) is 0 Å². The van der Waals surface area contributed by atoms with Crippen LogP contribution < -0.4 is 15.5 Å². The number of pyridine rings is 4. The van der Waals surface area contributed by atoms with E-state index in [4.69, 9.17) is 10.8 Å². The molecule has 4 aromatic heterocycles. The third kappa shape index (κ3) is 12.0. The fourth-order valence-electron chi connectivity index (χ4n) is 10.1. The first kappa shape index (κ1) is 54.6. The van der Waals surface area contributed by atoms with Crippen LogP contribution in [0, 0.1) is 0 Å². The van der Waals surface area contributed by atoms with Crippen molar-refractivity contribution in [2.75, 3.05) is 15.5 Å². The number of phenols is 4. The summed E-state index contributed by atoms with van der Waals surface area (Å²) in [5.41, 5.74) is 13.6. The molecule has 0 saturated heterocycles. The van der Waals surface area contributed by atoms with Crippen molar-refractivity contribution in [1.29, 1.82) is 0 Å². The van der Waals surface area contributed by atoms with Crippen LogP contribution in [-0.4, -0.2) is 51.4 Å². The van der Waals surface area contributed by atoms with Gasteiger partial charge in [-0.15, -0.1) is 25.6 Å². The number of fused-ring (bicyclic) bond motifs is 3. The van der Waals surface area contributed by atoms with Crippen molar-refractivity contribution < 1.29 is 30.3 Å². The number of anilines is 3. The summed E-state index contributed by atoms with van der Waals surface area (Å²) in [5.74, 6) is -2.13. The number of benzene rings is 8. The number of phenolic OH excluding ortho intramolecular Hbond substituents is 3. The van der Waals surface area contributed by atoms with Gasteiger partial charge in [-0.2, -0.15) is 5.11 Å². The van der Waals surface area contributed by atoms with Crippen LogP contribution >= 0.6 is 0 Å². The van der Waals surface area contributed by atoms with E-state index in [1.807, 2.05) is 114 Å². The highest BCUT2D eigenvalue weighted by molar-refractivity contribution is 6.06. The molecule has 0 aliphatic rings. The summed E-state index contributed by atoms with van der Waals surface area (Å²) in [6.07, 6.45) is 6.90. The average molecular weight is 1130 g/mol. The summed E-state index contributed by atoms with van der Waals surface area (Å²) in [6.45, 7) is 1.50. The van der Waals surface area contributed by atoms with Crippen LogP contribution in [0.5, 0.6) is 23.0 Å². The minimum Gasteiger partial charge on any atom is -0.508 e. The molecule has 0 atom stereocenters. The minimum absolute atomic E-state index is 0.0598. The lowest BCUT2D eigenvalue weighted by molar-refractivity contribution is 0.0694. The Bertz CT molecular complexity index is 4510. The van der Waals surface area contributed by atoms with Crippen LogP contribution in [0.1, 0.15) is 33.1 Å². The average Bonchev–Trinajstić information content (AvgIpc) is 3.00. The molecule has 7 N–H and O–H groups in total. The maximum Gasteiger partial charge on any atom is 0.339 e. The van der Waals surface area contributed by atoms with Crippen LogP contribution in [0.15, 0.2) is 250 Å². The molecule has 0 saturated carbocycles. The molecule has 0 amide bonds. The lowest BCUT2D eigenvalue weighted by Gasteiger charge is -2.25. The second-order valence-electron chi connectivity index (χ2n) is 20.1. The molecule has 19 heteroatoms. The third-order valence-corrected chi connectivity index (χ3v) is 14.3. The Kier molecular flexibility index (Phi) is 15.4. The van der Waals surface area contributed by atoms with E-state index in [1.165, 1.54) is 18.2 Å². The van der Waals surface area contributed by atoms with E-state index in [-0.39, 0.29) is 39.9 Å². The number of nitrogens with two attached hydrogens (primary N) is 1. The second kappa shape index (κ2) is 24.2. The van der Waals surface area contributed by atoms with E-state index in [2.05, 4.69) is 50.4 Å². The van der Waals surface area contributed by atoms with Gasteiger partial charge in [0.2, 0.25) is 0 Å². The number of carboxylic acids is 1. The lowest BCUT2D eigenvalue weighted by Crippen LogP contribution is -2.23. The van der Waals surface area contributed by atoms with Gasteiger partial charge in [-0.3, -0.25) is 19.9 Å². The van der Waals surface area contributed by atoms with E-state index >= 15 is 0 Å². The highest BCUT2D eigenvalue weighted by Gasteiger charge is 2.22. The molecule has 86 heavy (non-hydrogen) atoms. The summed E-state index contributed by atoms with van der Waals surface area (Å²) in [4.78, 5) is 35.2. The third-order valence-electron chi connectivity index (χ3n) is 14.3. The first-order valence-electron chi connectivity index (χ1n) is 27.1. The predicted molar refractivity (Wildman–Crippen MR) is 331 cm³/mol. The smallest absolute Gasteiger partial charge is 0.339 e. The summed E-state index contributed by atoms with van der Waals surface area (Å²) < 4.78 is 0. The number of nitrogen functional groups attached to an aromatic ring is 1. The largest absolute Gasteiger partial charge is 0.508 e. The molecular weight excluding hydrogens is 1080 g/mol. The molecule has 12 aromatic rings. The Labute approximate surface area is 491 Å². The molecule has 0 spiro atoms. The van der Waals surface area contributed by atoms with Crippen molar-refractivity contribution in [3.05, 3.63) is 247 Å². The van der Waals surface area contributed by atoms with E-state index in [9.17, 15) is 30.3 Å². The van der Waals surface area contributed by atoms with Gasteiger partial charge in [0.1, 0.15) is 51.2 Å². The number of carboxylic acid groups (broad SMARTS) is 1. The fourth-order valence-corrected chi connectivity index (χ4v) is 10.1. The quantitative estimate of drug-likeness (QED) is 0.0345. The molecule has 19 nitrogen and oxygen atoms in total. The highest BCUT2D eigenvalue weighted by Crippen LogP contribution is 2.45. The topological polar surface area (TPSA) is 276 Å². The summed E-state index contributed by atoms with van der Waals surface area (Å²) >= 11 is 0. The van der Waals surface area contributed by atoms with Gasteiger partial charge in [0.15, 0.2) is 5.75 Å². The van der Waals surface area contributed by atoms with E-state index in [1.54, 1.807) is 91.5 Å². The van der Waals surface area contributed by atoms with Gasteiger partial charge in [0, 0.05) is 46.6 Å². The molecule has 8 aromatic carbocycles. The molecule has 0 bridgehead atoms. The molecule has 0 aliphatic carbocycles. The number of aromatic hydroxyl groups is 4. The fraction of sp³-hybridized carbons (Fsp3) is 0.0597. The molecular formula is C67H51N13O6. The summed E-state index contributed by atoms with van der Waals surface area (Å²) in [7, 11) is 0. The van der Waals surface area contributed by atoms with Crippen molar-refractivity contribution in [3.63, 3.8) is 0 Å². The number of rotatable bonds is 18. The highest BCUT2D eigenvalue weighted by atomic mass is 16.4. The van der Waals surface area contributed by atoms with Crippen molar-refractivity contribution >= 4 is 89.5 Å². The Morgan fingerprint density at radius 3 is 1.49 bits per heavy atom. The SMILES string of the molecule is Nc1ccc(N(Cc2ccccn2)Cc2ccccn2)c(/N=N/c2c(O)c(C(=O)O)cc3cc(-c4ccc5ccc(O)c(/N=N/c6ccc(N(Cc7ccccn7)Cc7ccccn7)c(/N=N/c7c(O)ccc8cc(O)ccc78)c6)c5c4)ccc23)c1. The molecule has 0 unspecified atom stereocenters. The van der Waals surface area contributed by atoms with Gasteiger partial charge < -0.3 is 41.1 Å². The molecule has 0 aliphatic heterocycles. The number of azo groups is 3. The van der Waals surface area contributed by atoms with Gasteiger partial charge in [-0.05, 0) is 161 Å². The molecule has 0 fully saturated rings. The van der Waals surface area contributed by atoms with Crippen molar-refractivity contribution in [2.24, 2.45) is 30.7 Å². The maximum absolute atomic E-state index is 12.8. The Morgan fingerprint density at radius 2 is 0.907 bits per heavy atom. The van der Waals surface area contributed by atoms with Crippen LogP contribution in [-0.2, 0) is 26.2 Å². The van der Waals surface area contributed by atoms with E-state index in [0.29, 0.717) is 98.4 Å². The second-order valence-corrected chi connectivity index (χ2v) is 20.1. The molecule has 0 radical (unpaired) electrons. The Balaban J connectivity index is 0.904. The van der Waals surface area contributed by atoms with E-state index in [0.717, 1.165) is 28.2 Å². The van der Waals surface area contributed by atoms with Gasteiger partial charge in [0.05, 0.1) is 66.0 Å². The zero-order valence-corrected chi connectivity index (χ0v) is 45.7. The van der Waals surface area contributed by atoms with Gasteiger partial charge in [-0.1, -0.05) is 60.7 Å². The zero-order chi connectivity index (χ0) is 59.1. The monoisotopic (exact) mass is 1130 g/mol. The van der Waals surface area contributed by atoms with Crippen molar-refractivity contribution in [3.8, 4) is 34.1 Å². The number of hydrogen-bond donors (Lipinski definition) is 6. The number of carbonyl (C=O) groups is 1. The normalized spacial score (nSPS) is 11.6. The number of nitrogens with zero attached hydrogens (tertiary/aromatic N) is 12. The lowest BCUT2D eigenvalue weighted by atomic mass is 9.96. The predicted octanol–water partition coefficient (Wildman–Crippen LogP) is 16.2. The Hall–Kier alpha value is -12.0. The summed E-state index contributed by atoms with van der Waals surface area (Å²) in [5, 5.41) is 86.1. The molecule has 4 heterocycles. The van der Waals surface area contributed by atoms with Gasteiger partial charge in [-0.25, -0.2) is 4.79 Å². The summed E-state index contributed by atoms with van der Waals surface area (Å²) in [6, 6.07) is 56.9. The van der Waals surface area contributed by atoms with Crippen molar-refractivity contribution in [2.45, 2.75) is 26.2 Å².